The van der Waals surface area contributed by atoms with Gasteiger partial charge in [0.25, 0.3) is 0 Å². The van der Waals surface area contributed by atoms with E-state index in [0.717, 1.165) is 23.2 Å². The number of Topliss-reactive ketones (excluding diaryl/α,β-unsaturated/α-hetero) is 1. The van der Waals surface area contributed by atoms with Gasteiger partial charge in [0.15, 0.2) is 5.78 Å². The fourth-order valence-electron chi connectivity index (χ4n) is 4.02. The van der Waals surface area contributed by atoms with Gasteiger partial charge in [-0.05, 0) is 38.7 Å². The van der Waals surface area contributed by atoms with Crippen LogP contribution in [0.3, 0.4) is 0 Å². The quantitative estimate of drug-likeness (QED) is 0.817. The lowest BCUT2D eigenvalue weighted by Gasteiger charge is -2.25. The smallest absolute Gasteiger partial charge is 0.243 e. The number of hydrogen-bond donors (Lipinski definition) is 0. The van der Waals surface area contributed by atoms with E-state index in [1.807, 2.05) is 35.0 Å². The second-order valence-corrected chi connectivity index (χ2v) is 6.69. The normalized spacial score (nSPS) is 26.3. The Balaban J connectivity index is 1.67. The summed E-state index contributed by atoms with van der Waals surface area (Å²) in [6.45, 7) is 4.03. The fourth-order valence-corrected chi connectivity index (χ4v) is 4.02. The third-order valence-electron chi connectivity index (χ3n) is 5.12. The van der Waals surface area contributed by atoms with Crippen LogP contribution in [0.2, 0.25) is 0 Å². The van der Waals surface area contributed by atoms with Gasteiger partial charge in [-0.25, -0.2) is 0 Å². The number of benzene rings is 1. The van der Waals surface area contributed by atoms with Gasteiger partial charge in [-0.2, -0.15) is 0 Å². The molecule has 4 heteroatoms. The number of rotatable bonds is 3. The van der Waals surface area contributed by atoms with Crippen molar-refractivity contribution in [2.75, 3.05) is 0 Å². The molecule has 2 aromatic rings. The molecular formula is C18H20N2O2. The van der Waals surface area contributed by atoms with Crippen molar-refractivity contribution >= 4 is 22.6 Å². The van der Waals surface area contributed by atoms with Crippen LogP contribution in [0.15, 0.2) is 30.5 Å². The molecule has 0 N–H and O–H groups in total. The van der Waals surface area contributed by atoms with Crippen LogP contribution in [0, 0.1) is 5.92 Å². The Morgan fingerprint density at radius 1 is 1.23 bits per heavy atom. The van der Waals surface area contributed by atoms with E-state index in [1.54, 1.807) is 6.92 Å². The van der Waals surface area contributed by atoms with Crippen LogP contribution in [0.5, 0.6) is 0 Å². The molecule has 1 saturated carbocycles. The molecule has 0 unspecified atom stereocenters. The number of amides is 1. The summed E-state index contributed by atoms with van der Waals surface area (Å²) in [7, 11) is 0. The molecule has 4 nitrogen and oxygen atoms in total. The zero-order valence-electron chi connectivity index (χ0n) is 13.0. The zero-order valence-corrected chi connectivity index (χ0v) is 13.0. The van der Waals surface area contributed by atoms with E-state index in [0.29, 0.717) is 24.2 Å². The molecule has 0 radical (unpaired) electrons. The summed E-state index contributed by atoms with van der Waals surface area (Å²) in [5, 5.41) is 0.932. The Hall–Kier alpha value is -2.10. The van der Waals surface area contributed by atoms with Crippen LogP contribution in [-0.4, -0.2) is 33.2 Å². The zero-order chi connectivity index (χ0) is 15.4. The maximum atomic E-state index is 12.7. The van der Waals surface area contributed by atoms with Crippen LogP contribution in [0.4, 0.5) is 0 Å². The number of carbonyl (C=O) groups excluding carboxylic acids is 2. The maximum absolute atomic E-state index is 12.7. The number of fused-ring (bicyclic) bond motifs is 2. The molecule has 1 aromatic heterocycles. The van der Waals surface area contributed by atoms with E-state index in [4.69, 9.17) is 0 Å². The van der Waals surface area contributed by atoms with Crippen LogP contribution in [0.25, 0.3) is 10.9 Å². The van der Waals surface area contributed by atoms with Gasteiger partial charge >= 0.3 is 0 Å². The van der Waals surface area contributed by atoms with Crippen molar-refractivity contribution in [2.24, 2.45) is 5.92 Å². The van der Waals surface area contributed by atoms with Gasteiger partial charge in [-0.3, -0.25) is 9.59 Å². The Morgan fingerprint density at radius 3 is 2.68 bits per heavy atom. The third-order valence-corrected chi connectivity index (χ3v) is 5.12. The minimum Gasteiger partial charge on any atom is -0.337 e. The first-order chi connectivity index (χ1) is 10.6. The number of likely N-dealkylation sites (tertiary alicyclic amines) is 1. The van der Waals surface area contributed by atoms with Crippen molar-refractivity contribution in [3.63, 3.8) is 0 Å². The van der Waals surface area contributed by atoms with E-state index in [-0.39, 0.29) is 11.7 Å². The van der Waals surface area contributed by atoms with Crippen molar-refractivity contribution in [1.29, 1.82) is 0 Å². The topological polar surface area (TPSA) is 42.3 Å². The first-order valence-corrected chi connectivity index (χ1v) is 7.96. The Bertz CT molecular complexity index is 774. The summed E-state index contributed by atoms with van der Waals surface area (Å²) in [6.07, 6.45) is 4.14. The Morgan fingerprint density at radius 2 is 2.00 bits per heavy atom. The van der Waals surface area contributed by atoms with Gasteiger partial charge in [0.1, 0.15) is 6.54 Å². The summed E-state index contributed by atoms with van der Waals surface area (Å²) in [4.78, 5) is 26.6. The summed E-state index contributed by atoms with van der Waals surface area (Å²) in [5.74, 6) is 0.945. The van der Waals surface area contributed by atoms with E-state index >= 15 is 0 Å². The summed E-state index contributed by atoms with van der Waals surface area (Å²) >= 11 is 0. The van der Waals surface area contributed by atoms with Crippen LogP contribution < -0.4 is 0 Å². The molecular weight excluding hydrogens is 276 g/mol. The molecule has 2 aliphatic rings. The van der Waals surface area contributed by atoms with Crippen molar-refractivity contribution in [1.82, 2.24) is 9.47 Å². The summed E-state index contributed by atoms with van der Waals surface area (Å²) < 4.78 is 1.93. The van der Waals surface area contributed by atoms with E-state index in [1.165, 1.54) is 6.42 Å². The lowest BCUT2D eigenvalue weighted by molar-refractivity contribution is -0.133. The Labute approximate surface area is 129 Å². The highest BCUT2D eigenvalue weighted by molar-refractivity contribution is 6.07. The monoisotopic (exact) mass is 296 g/mol. The molecule has 2 heterocycles. The molecule has 0 spiro atoms. The van der Waals surface area contributed by atoms with Crippen molar-refractivity contribution < 1.29 is 9.59 Å². The molecule has 1 saturated heterocycles. The van der Waals surface area contributed by atoms with Gasteiger partial charge < -0.3 is 9.47 Å². The summed E-state index contributed by atoms with van der Waals surface area (Å²) in [6, 6.07) is 8.62. The van der Waals surface area contributed by atoms with Crippen LogP contribution in [-0.2, 0) is 11.3 Å². The Kier molecular flexibility index (Phi) is 2.90. The molecule has 1 amide bonds. The second-order valence-electron chi connectivity index (χ2n) is 6.69. The van der Waals surface area contributed by atoms with Crippen molar-refractivity contribution in [3.05, 3.63) is 36.0 Å². The van der Waals surface area contributed by atoms with Gasteiger partial charge in [-0.15, -0.1) is 0 Å². The number of ketones is 1. The number of carbonyl (C=O) groups is 2. The lowest BCUT2D eigenvalue weighted by atomic mass is 10.1. The molecule has 1 aliphatic heterocycles. The number of para-hydroxylation sites is 1. The predicted octanol–water partition coefficient (Wildman–Crippen LogP) is 2.85. The van der Waals surface area contributed by atoms with Crippen molar-refractivity contribution in [3.8, 4) is 0 Å². The third kappa shape index (κ3) is 1.97. The molecule has 1 aromatic carbocycles. The summed E-state index contributed by atoms with van der Waals surface area (Å²) in [5.41, 5.74) is 1.66. The average molecular weight is 296 g/mol. The number of piperidine rings is 1. The van der Waals surface area contributed by atoms with Gasteiger partial charge in [0.2, 0.25) is 5.91 Å². The standard InChI is InChI=1S/C18H20N2O2/c1-11-7-13-8-17(13)20(11)18(22)10-19-9-15(12(2)21)14-5-3-4-6-16(14)19/h3-6,9,11,13,17H,7-8,10H2,1-2H3/t11-,13-,17+/m0/s1. The first kappa shape index (κ1) is 13.6. The minimum atomic E-state index is 0.0409. The molecule has 2 fully saturated rings. The molecule has 3 atom stereocenters. The van der Waals surface area contributed by atoms with E-state index in [2.05, 4.69) is 11.8 Å². The van der Waals surface area contributed by atoms with E-state index < -0.39 is 0 Å². The minimum absolute atomic E-state index is 0.0409. The van der Waals surface area contributed by atoms with Crippen molar-refractivity contribution in [2.45, 2.75) is 45.3 Å². The van der Waals surface area contributed by atoms with Gasteiger partial charge in [0, 0.05) is 34.7 Å². The van der Waals surface area contributed by atoms with Gasteiger partial charge in [-0.1, -0.05) is 18.2 Å². The highest BCUT2D eigenvalue weighted by atomic mass is 16.2. The fraction of sp³-hybridized carbons (Fsp3) is 0.444. The second kappa shape index (κ2) is 4.70. The van der Waals surface area contributed by atoms with Crippen LogP contribution in [0.1, 0.15) is 37.0 Å². The largest absolute Gasteiger partial charge is 0.337 e. The van der Waals surface area contributed by atoms with E-state index in [9.17, 15) is 9.59 Å². The first-order valence-electron chi connectivity index (χ1n) is 7.96. The van der Waals surface area contributed by atoms with Crippen LogP contribution >= 0.6 is 0 Å². The molecule has 1 aliphatic carbocycles. The molecule has 22 heavy (non-hydrogen) atoms. The lowest BCUT2D eigenvalue weighted by Crippen LogP contribution is -2.38. The number of nitrogens with zero attached hydrogens (tertiary/aromatic N) is 2. The molecule has 0 bridgehead atoms. The highest BCUT2D eigenvalue weighted by Crippen LogP contribution is 2.47. The highest BCUT2D eigenvalue weighted by Gasteiger charge is 2.52. The SMILES string of the molecule is CC(=O)c1cn(CC(=O)N2[C@@H]3C[C@@H]3C[C@@H]2C)c2ccccc12. The predicted molar refractivity (Wildman–Crippen MR) is 84.8 cm³/mol. The number of aromatic nitrogens is 1. The molecule has 114 valence electrons. The maximum Gasteiger partial charge on any atom is 0.243 e. The van der Waals surface area contributed by atoms with Gasteiger partial charge in [0.05, 0.1) is 0 Å². The number of hydrogen-bond acceptors (Lipinski definition) is 2. The molecule has 4 rings (SSSR count). The average Bonchev–Trinajstić information content (AvgIpc) is 2.99.